The van der Waals surface area contributed by atoms with E-state index in [-0.39, 0.29) is 12.8 Å². The molecule has 4 aromatic carbocycles. The summed E-state index contributed by atoms with van der Waals surface area (Å²) < 4.78 is 0. The van der Waals surface area contributed by atoms with Crippen LogP contribution in [-0.2, 0) is 16.0 Å². The second-order valence-corrected chi connectivity index (χ2v) is 8.71. The van der Waals surface area contributed by atoms with E-state index in [1.165, 1.54) is 0 Å². The molecule has 0 bridgehead atoms. The zero-order valence-electron chi connectivity index (χ0n) is 20.3. The first-order valence-corrected chi connectivity index (χ1v) is 12.1. The third-order valence-electron chi connectivity index (χ3n) is 6.05. The van der Waals surface area contributed by atoms with Gasteiger partial charge in [-0.05, 0) is 53.3 Å². The zero-order chi connectivity index (χ0) is 26.0. The van der Waals surface area contributed by atoms with Crippen molar-refractivity contribution in [1.29, 1.82) is 0 Å². The fraction of sp³-hybridized carbons (Fsp3) is 0.129. The SMILES string of the molecule is O=C(CC[C@H](Nc1ccccc1Cc1ccccc1)C(=O)O)NC(=O)c1ccc(-c2ccccc2)cc1. The predicted molar refractivity (Wildman–Crippen MR) is 144 cm³/mol. The summed E-state index contributed by atoms with van der Waals surface area (Å²) in [5, 5.41) is 15.2. The highest BCUT2D eigenvalue weighted by molar-refractivity contribution is 6.05. The second-order valence-electron chi connectivity index (χ2n) is 8.71. The fourth-order valence-corrected chi connectivity index (χ4v) is 4.06. The van der Waals surface area contributed by atoms with Gasteiger partial charge in [0.1, 0.15) is 6.04 Å². The van der Waals surface area contributed by atoms with Gasteiger partial charge in [-0.3, -0.25) is 14.9 Å². The molecule has 186 valence electrons. The zero-order valence-corrected chi connectivity index (χ0v) is 20.3. The average molecular weight is 493 g/mol. The number of carbonyl (C=O) groups excluding carboxylic acids is 2. The maximum Gasteiger partial charge on any atom is 0.326 e. The number of nitrogens with one attached hydrogen (secondary N) is 2. The van der Waals surface area contributed by atoms with Gasteiger partial charge in [-0.2, -0.15) is 0 Å². The quantitative estimate of drug-likeness (QED) is 0.270. The summed E-state index contributed by atoms with van der Waals surface area (Å²) in [6.45, 7) is 0. The predicted octanol–water partition coefficient (Wildman–Crippen LogP) is 5.55. The van der Waals surface area contributed by atoms with Gasteiger partial charge in [0.05, 0.1) is 0 Å². The average Bonchev–Trinajstić information content (AvgIpc) is 2.93. The van der Waals surface area contributed by atoms with E-state index in [1.54, 1.807) is 12.1 Å². The molecular weight excluding hydrogens is 464 g/mol. The van der Waals surface area contributed by atoms with Gasteiger partial charge in [0.2, 0.25) is 5.91 Å². The largest absolute Gasteiger partial charge is 0.480 e. The molecule has 0 radical (unpaired) electrons. The molecule has 3 N–H and O–H groups in total. The number of aliphatic carboxylic acids is 1. The van der Waals surface area contributed by atoms with Crippen molar-refractivity contribution in [3.05, 3.63) is 126 Å². The lowest BCUT2D eigenvalue weighted by Crippen LogP contribution is -2.34. The van der Waals surface area contributed by atoms with Gasteiger partial charge < -0.3 is 10.4 Å². The first-order valence-electron chi connectivity index (χ1n) is 12.1. The smallest absolute Gasteiger partial charge is 0.326 e. The van der Waals surface area contributed by atoms with E-state index in [0.717, 1.165) is 22.3 Å². The van der Waals surface area contributed by atoms with Gasteiger partial charge in [0.25, 0.3) is 5.91 Å². The number of anilines is 1. The van der Waals surface area contributed by atoms with Crippen LogP contribution in [0.3, 0.4) is 0 Å². The summed E-state index contributed by atoms with van der Waals surface area (Å²) in [4.78, 5) is 36.9. The number of amides is 2. The van der Waals surface area contributed by atoms with Crippen molar-refractivity contribution < 1.29 is 19.5 Å². The molecule has 37 heavy (non-hydrogen) atoms. The number of carboxylic acid groups (broad SMARTS) is 1. The first kappa shape index (κ1) is 25.4. The molecule has 4 rings (SSSR count). The monoisotopic (exact) mass is 492 g/mol. The maximum atomic E-state index is 12.5. The Bertz CT molecular complexity index is 1350. The summed E-state index contributed by atoms with van der Waals surface area (Å²) >= 11 is 0. The first-order chi connectivity index (χ1) is 18.0. The van der Waals surface area contributed by atoms with Crippen LogP contribution in [0.25, 0.3) is 11.1 Å². The van der Waals surface area contributed by atoms with Crippen molar-refractivity contribution in [1.82, 2.24) is 5.32 Å². The molecule has 0 aromatic heterocycles. The van der Waals surface area contributed by atoms with E-state index in [4.69, 9.17) is 0 Å². The summed E-state index contributed by atoms with van der Waals surface area (Å²) in [6.07, 6.45) is 0.564. The lowest BCUT2D eigenvalue weighted by atomic mass is 10.0. The number of hydrogen-bond acceptors (Lipinski definition) is 4. The van der Waals surface area contributed by atoms with Crippen LogP contribution in [0.5, 0.6) is 0 Å². The van der Waals surface area contributed by atoms with E-state index in [2.05, 4.69) is 10.6 Å². The molecule has 0 saturated carbocycles. The Kier molecular flexibility index (Phi) is 8.45. The molecule has 0 fully saturated rings. The minimum Gasteiger partial charge on any atom is -0.480 e. The summed E-state index contributed by atoms with van der Waals surface area (Å²) in [7, 11) is 0. The summed E-state index contributed by atoms with van der Waals surface area (Å²) in [5.41, 5.74) is 5.12. The Morgan fingerprint density at radius 2 is 1.30 bits per heavy atom. The Balaban J connectivity index is 1.34. The molecule has 0 aliphatic heterocycles. The Morgan fingerprint density at radius 1 is 0.703 bits per heavy atom. The van der Waals surface area contributed by atoms with Crippen LogP contribution in [0, 0.1) is 0 Å². The Hall–Kier alpha value is -4.71. The standard InChI is InChI=1S/C31H28N2O4/c34-29(33-30(35)25-17-15-24(16-18-25)23-11-5-2-6-12-23)20-19-28(31(36)37)32-27-14-8-7-13-26(27)21-22-9-3-1-4-10-22/h1-18,28,32H,19-21H2,(H,36,37)(H,33,34,35)/t28-/m0/s1. The molecule has 0 saturated heterocycles. The van der Waals surface area contributed by atoms with Crippen LogP contribution < -0.4 is 10.6 Å². The topological polar surface area (TPSA) is 95.5 Å². The minimum atomic E-state index is -1.06. The van der Waals surface area contributed by atoms with Crippen LogP contribution in [0.2, 0.25) is 0 Å². The maximum absolute atomic E-state index is 12.5. The lowest BCUT2D eigenvalue weighted by molar-refractivity contribution is -0.138. The molecule has 0 unspecified atom stereocenters. The van der Waals surface area contributed by atoms with Crippen LogP contribution >= 0.6 is 0 Å². The third-order valence-corrected chi connectivity index (χ3v) is 6.05. The van der Waals surface area contributed by atoms with Gasteiger partial charge in [0, 0.05) is 17.7 Å². The molecule has 6 heteroatoms. The van der Waals surface area contributed by atoms with Gasteiger partial charge >= 0.3 is 5.97 Å². The van der Waals surface area contributed by atoms with E-state index in [1.807, 2.05) is 97.1 Å². The number of benzene rings is 4. The third kappa shape index (κ3) is 7.15. The van der Waals surface area contributed by atoms with E-state index in [9.17, 15) is 19.5 Å². The van der Waals surface area contributed by atoms with Gasteiger partial charge in [-0.25, -0.2) is 4.79 Å². The van der Waals surface area contributed by atoms with Crippen molar-refractivity contribution in [2.24, 2.45) is 0 Å². The molecule has 0 spiro atoms. The molecule has 0 aliphatic rings. The normalized spacial score (nSPS) is 11.4. The number of rotatable bonds is 10. The van der Waals surface area contributed by atoms with Crippen LogP contribution in [0.1, 0.15) is 34.3 Å². The number of imide groups is 1. The number of para-hydroxylation sites is 1. The van der Waals surface area contributed by atoms with Crippen molar-refractivity contribution >= 4 is 23.5 Å². The second kappa shape index (κ2) is 12.3. The summed E-state index contributed by atoms with van der Waals surface area (Å²) in [6, 6.07) is 33.2. The number of hydrogen-bond donors (Lipinski definition) is 3. The van der Waals surface area contributed by atoms with Crippen molar-refractivity contribution in [2.75, 3.05) is 5.32 Å². The molecule has 0 heterocycles. The molecule has 4 aromatic rings. The molecule has 6 nitrogen and oxygen atoms in total. The van der Waals surface area contributed by atoms with E-state index < -0.39 is 23.8 Å². The fourth-order valence-electron chi connectivity index (χ4n) is 4.06. The van der Waals surface area contributed by atoms with Gasteiger partial charge in [0.15, 0.2) is 0 Å². The minimum absolute atomic E-state index is 0.0288. The Morgan fingerprint density at radius 3 is 1.97 bits per heavy atom. The van der Waals surface area contributed by atoms with Crippen molar-refractivity contribution in [3.63, 3.8) is 0 Å². The molecule has 0 aliphatic carbocycles. The molecule has 1 atom stereocenters. The highest BCUT2D eigenvalue weighted by Crippen LogP contribution is 2.22. The van der Waals surface area contributed by atoms with Gasteiger partial charge in [-0.15, -0.1) is 0 Å². The summed E-state index contributed by atoms with van der Waals surface area (Å²) in [5.74, 6) is -2.11. The van der Waals surface area contributed by atoms with E-state index >= 15 is 0 Å². The highest BCUT2D eigenvalue weighted by Gasteiger charge is 2.21. The van der Waals surface area contributed by atoms with Crippen LogP contribution in [0.15, 0.2) is 109 Å². The van der Waals surface area contributed by atoms with Crippen LogP contribution in [-0.4, -0.2) is 28.9 Å². The Labute approximate surface area is 216 Å². The van der Waals surface area contributed by atoms with E-state index in [0.29, 0.717) is 17.7 Å². The van der Waals surface area contributed by atoms with Gasteiger partial charge in [-0.1, -0.05) is 91.0 Å². The van der Waals surface area contributed by atoms with Crippen molar-refractivity contribution in [2.45, 2.75) is 25.3 Å². The molecular formula is C31H28N2O4. The number of carbonyl (C=O) groups is 3. The molecule has 2 amide bonds. The lowest BCUT2D eigenvalue weighted by Gasteiger charge is -2.18. The van der Waals surface area contributed by atoms with Crippen molar-refractivity contribution in [3.8, 4) is 11.1 Å². The van der Waals surface area contributed by atoms with Crippen LogP contribution in [0.4, 0.5) is 5.69 Å². The number of carboxylic acids is 1. The highest BCUT2D eigenvalue weighted by atomic mass is 16.4.